The number of nitro groups is 1. The van der Waals surface area contributed by atoms with Crippen LogP contribution < -0.4 is 5.32 Å². The highest BCUT2D eigenvalue weighted by Gasteiger charge is 2.14. The van der Waals surface area contributed by atoms with Crippen LogP contribution in [-0.4, -0.2) is 18.5 Å². The molecule has 0 saturated heterocycles. The first kappa shape index (κ1) is 11.8. The van der Waals surface area contributed by atoms with Crippen molar-refractivity contribution in [3.05, 3.63) is 45.5 Å². The summed E-state index contributed by atoms with van der Waals surface area (Å²) in [5, 5.41) is 13.9. The Morgan fingerprint density at radius 2 is 2.35 bits per heavy atom. The molecule has 1 N–H and O–H groups in total. The zero-order valence-electron chi connectivity index (χ0n) is 9.85. The van der Waals surface area contributed by atoms with E-state index in [1.165, 1.54) is 5.56 Å². The van der Waals surface area contributed by atoms with Gasteiger partial charge in [-0.2, -0.15) is 0 Å². The molecule has 0 saturated carbocycles. The first-order valence-electron chi connectivity index (χ1n) is 5.81. The van der Waals surface area contributed by atoms with E-state index in [-0.39, 0.29) is 10.6 Å². The van der Waals surface area contributed by atoms with Gasteiger partial charge >= 0.3 is 0 Å². The van der Waals surface area contributed by atoms with Crippen molar-refractivity contribution in [2.24, 2.45) is 5.92 Å². The number of rotatable bonds is 3. The third kappa shape index (κ3) is 2.71. The van der Waals surface area contributed by atoms with Gasteiger partial charge in [0.05, 0.1) is 4.92 Å². The number of benzene rings is 1. The first-order valence-corrected chi connectivity index (χ1v) is 5.81. The van der Waals surface area contributed by atoms with E-state index in [1.54, 1.807) is 12.1 Å². The van der Waals surface area contributed by atoms with Crippen LogP contribution in [0.1, 0.15) is 17.5 Å². The Morgan fingerprint density at radius 1 is 1.53 bits per heavy atom. The van der Waals surface area contributed by atoms with E-state index in [0.717, 1.165) is 24.9 Å². The van der Waals surface area contributed by atoms with Gasteiger partial charge in [0.2, 0.25) is 0 Å². The second-order valence-electron chi connectivity index (χ2n) is 4.36. The second kappa shape index (κ2) is 5.10. The lowest BCUT2D eigenvalue weighted by Gasteiger charge is -2.09. The Kier molecular flexibility index (Phi) is 3.54. The van der Waals surface area contributed by atoms with Crippen molar-refractivity contribution >= 4 is 11.8 Å². The fourth-order valence-corrected chi connectivity index (χ4v) is 2.19. The second-order valence-corrected chi connectivity index (χ2v) is 4.36. The van der Waals surface area contributed by atoms with Gasteiger partial charge in [-0.3, -0.25) is 10.1 Å². The Labute approximate surface area is 100 Å². The Bertz CT molecular complexity index is 455. The summed E-state index contributed by atoms with van der Waals surface area (Å²) in [7, 11) is 1.94. The van der Waals surface area contributed by atoms with Crippen LogP contribution in [0.2, 0.25) is 0 Å². The van der Waals surface area contributed by atoms with E-state index in [4.69, 9.17) is 0 Å². The lowest BCUT2D eigenvalue weighted by Crippen LogP contribution is -2.17. The number of hydrogen-bond donors (Lipinski definition) is 1. The van der Waals surface area contributed by atoms with Gasteiger partial charge in [-0.15, -0.1) is 0 Å². The maximum atomic E-state index is 10.7. The van der Waals surface area contributed by atoms with Crippen molar-refractivity contribution in [3.63, 3.8) is 0 Å². The molecule has 0 aromatic heterocycles. The van der Waals surface area contributed by atoms with Gasteiger partial charge in [0.15, 0.2) is 0 Å². The summed E-state index contributed by atoms with van der Waals surface area (Å²) in [6, 6.07) is 5.12. The molecule has 1 aliphatic rings. The molecule has 17 heavy (non-hydrogen) atoms. The molecule has 1 unspecified atom stereocenters. The van der Waals surface area contributed by atoms with E-state index in [1.807, 2.05) is 19.2 Å². The molecule has 2 rings (SSSR count). The Morgan fingerprint density at radius 3 is 3.06 bits per heavy atom. The van der Waals surface area contributed by atoms with Gasteiger partial charge in [-0.05, 0) is 36.9 Å². The van der Waals surface area contributed by atoms with Crippen molar-refractivity contribution in [2.75, 3.05) is 13.6 Å². The highest BCUT2D eigenvalue weighted by molar-refractivity contribution is 5.59. The molecule has 90 valence electrons. The van der Waals surface area contributed by atoms with E-state index >= 15 is 0 Å². The number of hydrogen-bond acceptors (Lipinski definition) is 3. The standard InChI is InChI=1S/C13H16N2O2/c1-14-9-10-2-4-11-6-7-13(15(16)17)8-12(11)5-3-10/h3,5-8,10,14H,2,4,9H2,1H3. The molecule has 4 heteroatoms. The van der Waals surface area contributed by atoms with E-state index in [9.17, 15) is 10.1 Å². The molecule has 0 radical (unpaired) electrons. The third-order valence-corrected chi connectivity index (χ3v) is 3.14. The number of nitrogens with one attached hydrogen (secondary N) is 1. The van der Waals surface area contributed by atoms with Gasteiger partial charge < -0.3 is 5.32 Å². The number of non-ortho nitro benzene ring substituents is 1. The summed E-state index contributed by atoms with van der Waals surface area (Å²) in [4.78, 5) is 10.4. The van der Waals surface area contributed by atoms with Crippen molar-refractivity contribution in [2.45, 2.75) is 12.8 Å². The monoisotopic (exact) mass is 232 g/mol. The van der Waals surface area contributed by atoms with Crippen LogP contribution in [0, 0.1) is 16.0 Å². The Hall–Kier alpha value is -1.68. The first-order chi connectivity index (χ1) is 8.20. The van der Waals surface area contributed by atoms with Crippen molar-refractivity contribution in [1.29, 1.82) is 0 Å². The largest absolute Gasteiger partial charge is 0.319 e. The van der Waals surface area contributed by atoms with Gasteiger partial charge in [0, 0.05) is 18.7 Å². The van der Waals surface area contributed by atoms with Crippen LogP contribution in [0.15, 0.2) is 24.3 Å². The molecule has 0 fully saturated rings. The number of fused-ring (bicyclic) bond motifs is 1. The van der Waals surface area contributed by atoms with Gasteiger partial charge in [-0.25, -0.2) is 0 Å². The molecule has 1 aromatic carbocycles. The van der Waals surface area contributed by atoms with Crippen molar-refractivity contribution < 1.29 is 4.92 Å². The lowest BCUT2D eigenvalue weighted by atomic mass is 10.0. The molecular weight excluding hydrogens is 216 g/mol. The summed E-state index contributed by atoms with van der Waals surface area (Å²) in [6.45, 7) is 0.951. The summed E-state index contributed by atoms with van der Waals surface area (Å²) in [6.07, 6.45) is 6.22. The molecule has 0 bridgehead atoms. The van der Waals surface area contributed by atoms with Crippen LogP contribution >= 0.6 is 0 Å². The summed E-state index contributed by atoms with van der Waals surface area (Å²) in [5.74, 6) is 0.506. The minimum absolute atomic E-state index is 0.167. The molecule has 1 aliphatic carbocycles. The molecule has 0 spiro atoms. The molecule has 0 heterocycles. The smallest absolute Gasteiger partial charge is 0.270 e. The minimum Gasteiger partial charge on any atom is -0.319 e. The van der Waals surface area contributed by atoms with Crippen LogP contribution in [0.25, 0.3) is 6.08 Å². The third-order valence-electron chi connectivity index (χ3n) is 3.14. The quantitative estimate of drug-likeness (QED) is 0.643. The molecule has 1 aromatic rings. The highest BCUT2D eigenvalue weighted by atomic mass is 16.6. The zero-order valence-corrected chi connectivity index (χ0v) is 9.85. The van der Waals surface area contributed by atoms with E-state index in [2.05, 4.69) is 11.4 Å². The van der Waals surface area contributed by atoms with Gasteiger partial charge in [-0.1, -0.05) is 18.2 Å². The predicted molar refractivity (Wildman–Crippen MR) is 67.9 cm³/mol. The van der Waals surface area contributed by atoms with Crippen LogP contribution in [0.3, 0.4) is 0 Å². The summed E-state index contributed by atoms with van der Waals surface area (Å²) >= 11 is 0. The van der Waals surface area contributed by atoms with Gasteiger partial charge in [0.1, 0.15) is 0 Å². The van der Waals surface area contributed by atoms with Crippen LogP contribution in [0.4, 0.5) is 5.69 Å². The molecule has 0 aliphatic heterocycles. The molecule has 1 atom stereocenters. The molecule has 0 amide bonds. The SMILES string of the molecule is CNCC1C=Cc2cc([N+](=O)[O-])ccc2CC1. The number of aryl methyl sites for hydroxylation is 1. The molecular formula is C13H16N2O2. The predicted octanol–water partition coefficient (Wildman–Crippen LogP) is 2.39. The average molecular weight is 232 g/mol. The highest BCUT2D eigenvalue weighted by Crippen LogP contribution is 2.25. The minimum atomic E-state index is -0.343. The van der Waals surface area contributed by atoms with Gasteiger partial charge in [0.25, 0.3) is 5.69 Å². The summed E-state index contributed by atoms with van der Waals surface area (Å²) in [5.41, 5.74) is 2.35. The van der Waals surface area contributed by atoms with Crippen molar-refractivity contribution in [1.82, 2.24) is 5.32 Å². The summed E-state index contributed by atoms with van der Waals surface area (Å²) < 4.78 is 0. The zero-order chi connectivity index (χ0) is 12.3. The average Bonchev–Trinajstić information content (AvgIpc) is 2.52. The van der Waals surface area contributed by atoms with Crippen LogP contribution in [-0.2, 0) is 6.42 Å². The number of nitro benzene ring substituents is 1. The fourth-order valence-electron chi connectivity index (χ4n) is 2.19. The fraction of sp³-hybridized carbons (Fsp3) is 0.385. The van der Waals surface area contributed by atoms with Crippen LogP contribution in [0.5, 0.6) is 0 Å². The van der Waals surface area contributed by atoms with E-state index in [0.29, 0.717) is 5.92 Å². The number of nitrogens with zero attached hydrogens (tertiary/aromatic N) is 1. The molecule has 4 nitrogen and oxygen atoms in total. The maximum absolute atomic E-state index is 10.7. The van der Waals surface area contributed by atoms with E-state index < -0.39 is 0 Å². The maximum Gasteiger partial charge on any atom is 0.270 e. The topological polar surface area (TPSA) is 55.2 Å². The lowest BCUT2D eigenvalue weighted by molar-refractivity contribution is -0.384. The van der Waals surface area contributed by atoms with Crippen molar-refractivity contribution in [3.8, 4) is 0 Å². The Balaban J connectivity index is 2.26. The normalized spacial score (nSPS) is 18.5.